The first-order valence-electron chi connectivity index (χ1n) is 9.41. The molecule has 0 saturated carbocycles. The average Bonchev–Trinajstić information content (AvgIpc) is 3.02. The van der Waals surface area contributed by atoms with Gasteiger partial charge in [0.1, 0.15) is 0 Å². The lowest BCUT2D eigenvalue weighted by Gasteiger charge is -2.11. The maximum absolute atomic E-state index is 12.0. The van der Waals surface area contributed by atoms with Gasteiger partial charge in [-0.1, -0.05) is 12.1 Å². The Morgan fingerprint density at radius 2 is 1.97 bits per heavy atom. The highest BCUT2D eigenvalue weighted by Crippen LogP contribution is 2.25. The molecule has 1 N–H and O–H groups in total. The van der Waals surface area contributed by atoms with Gasteiger partial charge >= 0.3 is 5.69 Å². The summed E-state index contributed by atoms with van der Waals surface area (Å²) in [6, 6.07) is 14.2. The Kier molecular flexibility index (Phi) is 7.06. The van der Waals surface area contributed by atoms with Crippen LogP contribution >= 0.6 is 22.6 Å². The van der Waals surface area contributed by atoms with E-state index in [2.05, 4.69) is 62.8 Å². The zero-order chi connectivity index (χ0) is 22.5. The van der Waals surface area contributed by atoms with Crippen LogP contribution in [-0.2, 0) is 4.79 Å². The summed E-state index contributed by atoms with van der Waals surface area (Å²) in [6.45, 7) is 5.69. The number of carbonyl (C=O) groups excluding carboxylic acids is 1. The summed E-state index contributed by atoms with van der Waals surface area (Å²) in [5, 5.41) is 15.0. The third-order valence-corrected chi connectivity index (χ3v) is 5.89. The van der Waals surface area contributed by atoms with Crippen LogP contribution in [0, 0.1) is 34.5 Å². The van der Waals surface area contributed by atoms with Crippen LogP contribution in [0.5, 0.6) is 5.75 Å². The number of hydrazone groups is 1. The molecule has 160 valence electrons. The van der Waals surface area contributed by atoms with Crippen molar-refractivity contribution in [3.63, 3.8) is 0 Å². The SMILES string of the molecule is Cc1cc(-n2c(C)cc(/C=N/NC(=O)COc3ccccc3[N+](=O)[O-])c2C)ccc1I. The normalized spacial score (nSPS) is 11.0. The number of aryl methyl sites for hydroxylation is 2. The first-order valence-corrected chi connectivity index (χ1v) is 10.5. The van der Waals surface area contributed by atoms with E-state index in [-0.39, 0.29) is 18.0 Å². The molecule has 0 atom stereocenters. The minimum atomic E-state index is -0.559. The Labute approximate surface area is 193 Å². The molecule has 8 nitrogen and oxygen atoms in total. The molecule has 0 unspecified atom stereocenters. The molecule has 0 fully saturated rings. The number of benzene rings is 2. The van der Waals surface area contributed by atoms with Crippen LogP contribution in [0.2, 0.25) is 0 Å². The number of hydrogen-bond donors (Lipinski definition) is 1. The molecular formula is C22H21IN4O4. The van der Waals surface area contributed by atoms with Gasteiger partial charge in [-0.15, -0.1) is 0 Å². The predicted octanol–water partition coefficient (Wildman–Crippen LogP) is 4.44. The second-order valence-electron chi connectivity index (χ2n) is 6.90. The van der Waals surface area contributed by atoms with Gasteiger partial charge in [-0.2, -0.15) is 5.10 Å². The molecule has 1 aromatic heterocycles. The largest absolute Gasteiger partial charge is 0.477 e. The summed E-state index contributed by atoms with van der Waals surface area (Å²) < 4.78 is 8.59. The number of amides is 1. The maximum atomic E-state index is 12.0. The quantitative estimate of drug-likeness (QED) is 0.211. The molecule has 0 radical (unpaired) electrons. The minimum absolute atomic E-state index is 0.0305. The van der Waals surface area contributed by atoms with Crippen LogP contribution in [0.4, 0.5) is 5.69 Å². The van der Waals surface area contributed by atoms with E-state index in [1.165, 1.54) is 27.3 Å². The van der Waals surface area contributed by atoms with E-state index in [9.17, 15) is 14.9 Å². The second kappa shape index (κ2) is 9.73. The van der Waals surface area contributed by atoms with Crippen LogP contribution in [0.15, 0.2) is 53.6 Å². The third kappa shape index (κ3) is 5.29. The Bertz CT molecular complexity index is 1170. The van der Waals surface area contributed by atoms with Crippen LogP contribution in [0.3, 0.4) is 0 Å². The highest BCUT2D eigenvalue weighted by molar-refractivity contribution is 14.1. The van der Waals surface area contributed by atoms with Crippen LogP contribution < -0.4 is 10.2 Å². The monoisotopic (exact) mass is 532 g/mol. The third-order valence-electron chi connectivity index (χ3n) is 4.68. The summed E-state index contributed by atoms with van der Waals surface area (Å²) >= 11 is 2.31. The lowest BCUT2D eigenvalue weighted by molar-refractivity contribution is -0.385. The smallest absolute Gasteiger partial charge is 0.310 e. The van der Waals surface area contributed by atoms with E-state index in [0.29, 0.717) is 0 Å². The maximum Gasteiger partial charge on any atom is 0.310 e. The summed E-state index contributed by atoms with van der Waals surface area (Å²) in [5.74, 6) is -0.487. The Balaban J connectivity index is 1.66. The van der Waals surface area contributed by atoms with E-state index < -0.39 is 10.8 Å². The molecular weight excluding hydrogens is 511 g/mol. The molecule has 3 rings (SSSR count). The van der Waals surface area contributed by atoms with Crippen molar-refractivity contribution in [1.82, 2.24) is 9.99 Å². The molecule has 1 amide bonds. The van der Waals surface area contributed by atoms with Crippen LogP contribution in [0.25, 0.3) is 5.69 Å². The van der Waals surface area contributed by atoms with Crippen molar-refractivity contribution in [3.8, 4) is 11.4 Å². The summed E-state index contributed by atoms with van der Waals surface area (Å²) in [6.07, 6.45) is 1.57. The van der Waals surface area contributed by atoms with Gasteiger partial charge in [0.25, 0.3) is 5.91 Å². The molecule has 0 aliphatic heterocycles. The lowest BCUT2D eigenvalue weighted by atomic mass is 10.2. The number of para-hydroxylation sites is 2. The van der Waals surface area contributed by atoms with Gasteiger partial charge in [-0.05, 0) is 79.3 Å². The second-order valence-corrected chi connectivity index (χ2v) is 8.06. The van der Waals surface area contributed by atoms with Gasteiger partial charge in [-0.3, -0.25) is 14.9 Å². The molecule has 1 heterocycles. The topological polar surface area (TPSA) is 98.8 Å². The van der Waals surface area contributed by atoms with Gasteiger partial charge in [0.05, 0.1) is 11.1 Å². The molecule has 0 bridgehead atoms. The molecule has 2 aromatic carbocycles. The summed E-state index contributed by atoms with van der Waals surface area (Å²) in [4.78, 5) is 22.4. The van der Waals surface area contributed by atoms with Crippen LogP contribution in [0.1, 0.15) is 22.5 Å². The van der Waals surface area contributed by atoms with Gasteiger partial charge < -0.3 is 9.30 Å². The number of aromatic nitrogens is 1. The summed E-state index contributed by atoms with van der Waals surface area (Å²) in [7, 11) is 0. The fraction of sp³-hybridized carbons (Fsp3) is 0.182. The predicted molar refractivity (Wildman–Crippen MR) is 127 cm³/mol. The number of nitrogens with one attached hydrogen (secondary N) is 1. The van der Waals surface area contributed by atoms with Gasteiger partial charge in [-0.25, -0.2) is 5.43 Å². The van der Waals surface area contributed by atoms with Crippen molar-refractivity contribution >= 4 is 40.4 Å². The molecule has 3 aromatic rings. The number of halogens is 1. The lowest BCUT2D eigenvalue weighted by Crippen LogP contribution is -2.24. The number of nitro groups is 1. The minimum Gasteiger partial charge on any atom is -0.477 e. The average molecular weight is 532 g/mol. The van der Waals surface area contributed by atoms with E-state index in [1.54, 1.807) is 12.3 Å². The highest BCUT2D eigenvalue weighted by atomic mass is 127. The van der Waals surface area contributed by atoms with Crippen molar-refractivity contribution in [2.45, 2.75) is 20.8 Å². The molecule has 9 heteroatoms. The zero-order valence-corrected chi connectivity index (χ0v) is 19.4. The molecule has 31 heavy (non-hydrogen) atoms. The van der Waals surface area contributed by atoms with Gasteiger partial charge in [0.15, 0.2) is 12.4 Å². The first kappa shape index (κ1) is 22.5. The van der Waals surface area contributed by atoms with Gasteiger partial charge in [0, 0.05) is 32.3 Å². The van der Waals surface area contributed by atoms with E-state index in [0.717, 1.165) is 22.6 Å². The summed E-state index contributed by atoms with van der Waals surface area (Å²) in [5.41, 5.74) is 7.36. The molecule has 0 aliphatic rings. The number of nitrogens with zero attached hydrogens (tertiary/aromatic N) is 3. The number of carbonyl (C=O) groups is 1. The van der Waals surface area contributed by atoms with Crippen molar-refractivity contribution in [2.75, 3.05) is 6.61 Å². The Morgan fingerprint density at radius 1 is 1.23 bits per heavy atom. The first-order chi connectivity index (χ1) is 14.8. The standard InChI is InChI=1S/C22H21IN4O4/c1-14-10-18(8-9-19(14)23)26-15(2)11-17(16(26)3)12-24-25-22(28)13-31-21-7-5-4-6-20(21)27(29)30/h4-12H,13H2,1-3H3,(H,25,28)/b24-12+. The Morgan fingerprint density at radius 3 is 2.68 bits per heavy atom. The van der Waals surface area contributed by atoms with E-state index in [1.807, 2.05) is 19.9 Å². The van der Waals surface area contributed by atoms with Crippen molar-refractivity contribution in [2.24, 2.45) is 5.10 Å². The van der Waals surface area contributed by atoms with E-state index in [4.69, 9.17) is 4.74 Å². The fourth-order valence-electron chi connectivity index (χ4n) is 3.16. The Hall–Kier alpha value is -3.21. The van der Waals surface area contributed by atoms with Crippen molar-refractivity contribution in [1.29, 1.82) is 0 Å². The fourth-order valence-corrected chi connectivity index (χ4v) is 3.50. The van der Waals surface area contributed by atoms with Crippen molar-refractivity contribution in [3.05, 3.63) is 84.7 Å². The van der Waals surface area contributed by atoms with Gasteiger partial charge in [0.2, 0.25) is 0 Å². The molecule has 0 saturated heterocycles. The zero-order valence-electron chi connectivity index (χ0n) is 17.3. The number of nitro benzene ring substituents is 1. The van der Waals surface area contributed by atoms with Crippen LogP contribution in [-0.4, -0.2) is 28.2 Å². The number of ether oxygens (including phenoxy) is 1. The number of hydrogen-bond acceptors (Lipinski definition) is 5. The molecule has 0 spiro atoms. The van der Waals surface area contributed by atoms with E-state index >= 15 is 0 Å². The van der Waals surface area contributed by atoms with Crippen molar-refractivity contribution < 1.29 is 14.5 Å². The molecule has 0 aliphatic carbocycles. The highest BCUT2D eigenvalue weighted by Gasteiger charge is 2.15. The number of rotatable bonds is 7.